The van der Waals surface area contributed by atoms with Gasteiger partial charge >= 0.3 is 0 Å². The van der Waals surface area contributed by atoms with Crippen molar-refractivity contribution in [2.75, 3.05) is 18.2 Å². The van der Waals surface area contributed by atoms with Crippen LogP contribution < -0.4 is 9.75 Å². The Bertz CT molecular complexity index is 639. The van der Waals surface area contributed by atoms with E-state index in [0.29, 0.717) is 12.5 Å². The molecule has 0 saturated heterocycles. The normalized spacial score (nSPS) is 20.3. The van der Waals surface area contributed by atoms with E-state index in [1.165, 1.54) is 0 Å². The first-order valence-corrected chi connectivity index (χ1v) is 6.40. The summed E-state index contributed by atoms with van der Waals surface area (Å²) in [6, 6.07) is 12.1. The lowest BCUT2D eigenvalue weighted by Gasteiger charge is -2.22. The van der Waals surface area contributed by atoms with Crippen molar-refractivity contribution >= 4 is 11.4 Å². The molecule has 0 bridgehead atoms. The Labute approximate surface area is 111 Å². The zero-order valence-corrected chi connectivity index (χ0v) is 10.4. The van der Waals surface area contributed by atoms with Crippen molar-refractivity contribution in [1.29, 1.82) is 0 Å². The Morgan fingerprint density at radius 2 is 2.11 bits per heavy atom. The van der Waals surface area contributed by atoms with Crippen molar-refractivity contribution < 1.29 is 4.74 Å². The molecule has 4 heteroatoms. The highest BCUT2D eigenvalue weighted by molar-refractivity contribution is 6.07. The summed E-state index contributed by atoms with van der Waals surface area (Å²) in [5.41, 5.74) is 3.28. The molecule has 1 unspecified atom stereocenters. The molecular weight excluding hydrogens is 238 g/mol. The van der Waals surface area contributed by atoms with Gasteiger partial charge in [0.25, 0.3) is 0 Å². The van der Waals surface area contributed by atoms with E-state index in [-0.39, 0.29) is 0 Å². The van der Waals surface area contributed by atoms with E-state index in [1.54, 1.807) is 6.20 Å². The highest BCUT2D eigenvalue weighted by Crippen LogP contribution is 2.32. The molecule has 0 fully saturated rings. The van der Waals surface area contributed by atoms with Crippen molar-refractivity contribution in [3.63, 3.8) is 0 Å². The van der Waals surface area contributed by atoms with Crippen LogP contribution in [0.5, 0.6) is 5.75 Å². The molecule has 2 aromatic rings. The van der Waals surface area contributed by atoms with Gasteiger partial charge in [0.05, 0.1) is 36.7 Å². The van der Waals surface area contributed by atoms with Crippen LogP contribution in [0.4, 0.5) is 5.69 Å². The Kier molecular flexibility index (Phi) is 2.27. The summed E-state index contributed by atoms with van der Waals surface area (Å²) in [4.78, 5) is 4.15. The minimum absolute atomic E-state index is 0.343. The van der Waals surface area contributed by atoms with Crippen LogP contribution in [0.1, 0.15) is 5.56 Å². The molecule has 19 heavy (non-hydrogen) atoms. The smallest absolute Gasteiger partial charge is 0.128 e. The number of aromatic nitrogens is 1. The lowest BCUT2D eigenvalue weighted by molar-refractivity contribution is 0.280. The van der Waals surface area contributed by atoms with Gasteiger partial charge in [0.1, 0.15) is 5.75 Å². The largest absolute Gasteiger partial charge is 0.492 e. The number of hydrogen-bond acceptors (Lipinski definition) is 4. The fourth-order valence-electron chi connectivity index (χ4n) is 2.62. The topological polar surface area (TPSA) is 37.7 Å². The van der Waals surface area contributed by atoms with Gasteiger partial charge in [-0.2, -0.15) is 5.10 Å². The summed E-state index contributed by atoms with van der Waals surface area (Å²) in [5.74, 6) is 1.28. The van der Waals surface area contributed by atoms with Gasteiger partial charge in [-0.1, -0.05) is 12.1 Å². The number of hydrazone groups is 1. The highest BCUT2D eigenvalue weighted by atomic mass is 16.5. The van der Waals surface area contributed by atoms with Gasteiger partial charge in [0.15, 0.2) is 0 Å². The molecule has 2 aliphatic rings. The number of anilines is 1. The number of rotatable bonds is 1. The Hall–Kier alpha value is -2.36. The van der Waals surface area contributed by atoms with Crippen LogP contribution in [-0.2, 0) is 0 Å². The van der Waals surface area contributed by atoms with Crippen molar-refractivity contribution in [2.45, 2.75) is 0 Å². The number of pyridine rings is 1. The van der Waals surface area contributed by atoms with Gasteiger partial charge in [-0.05, 0) is 24.3 Å². The molecule has 0 saturated carbocycles. The predicted octanol–water partition coefficient (Wildman–Crippen LogP) is 2.31. The molecule has 0 N–H and O–H groups in total. The van der Waals surface area contributed by atoms with E-state index >= 15 is 0 Å². The number of nitrogens with zero attached hydrogens (tertiary/aromatic N) is 3. The molecule has 0 radical (unpaired) electrons. The molecule has 1 atom stereocenters. The lowest BCUT2D eigenvalue weighted by atomic mass is 9.95. The van der Waals surface area contributed by atoms with E-state index in [0.717, 1.165) is 29.3 Å². The number of ether oxygens (including phenoxy) is 1. The third-order valence-corrected chi connectivity index (χ3v) is 3.56. The van der Waals surface area contributed by atoms with Crippen molar-refractivity contribution in [2.24, 2.45) is 11.0 Å². The molecule has 0 spiro atoms. The zero-order chi connectivity index (χ0) is 12.7. The van der Waals surface area contributed by atoms with Crippen molar-refractivity contribution in [3.05, 3.63) is 54.4 Å². The SMILES string of the molecule is c1cncc(N2CC3COc4ccccc4C3=N2)c1. The molecule has 0 aliphatic carbocycles. The quantitative estimate of drug-likeness (QED) is 0.780. The van der Waals surface area contributed by atoms with Crippen LogP contribution in [0.15, 0.2) is 53.9 Å². The summed E-state index contributed by atoms with van der Waals surface area (Å²) >= 11 is 0. The second-order valence-electron chi connectivity index (χ2n) is 4.78. The Morgan fingerprint density at radius 1 is 1.16 bits per heavy atom. The molecule has 2 aliphatic heterocycles. The van der Waals surface area contributed by atoms with Crippen LogP contribution in [0.3, 0.4) is 0 Å². The minimum Gasteiger partial charge on any atom is -0.492 e. The van der Waals surface area contributed by atoms with E-state index in [4.69, 9.17) is 9.84 Å². The van der Waals surface area contributed by atoms with Gasteiger partial charge in [-0.3, -0.25) is 9.99 Å². The van der Waals surface area contributed by atoms with Crippen LogP contribution >= 0.6 is 0 Å². The summed E-state index contributed by atoms with van der Waals surface area (Å²) < 4.78 is 5.80. The maximum absolute atomic E-state index is 5.80. The highest BCUT2D eigenvalue weighted by Gasteiger charge is 2.33. The van der Waals surface area contributed by atoms with E-state index < -0.39 is 0 Å². The standard InChI is InChI=1S/C15H13N3O/c1-2-6-14-13(5-1)15-11(10-19-14)9-18(17-15)12-4-3-7-16-8-12/h1-8,11H,9-10H2. The molecule has 0 amide bonds. The van der Waals surface area contributed by atoms with Crippen molar-refractivity contribution in [3.8, 4) is 5.75 Å². The van der Waals surface area contributed by atoms with Gasteiger partial charge in [-0.25, -0.2) is 0 Å². The Morgan fingerprint density at radius 3 is 3.00 bits per heavy atom. The van der Waals surface area contributed by atoms with Gasteiger partial charge in [0, 0.05) is 11.8 Å². The molecular formula is C15H13N3O. The first-order valence-electron chi connectivity index (χ1n) is 6.40. The minimum atomic E-state index is 0.343. The summed E-state index contributed by atoms with van der Waals surface area (Å²) in [7, 11) is 0. The van der Waals surface area contributed by atoms with E-state index in [2.05, 4.69) is 11.1 Å². The fraction of sp³-hybridized carbons (Fsp3) is 0.200. The Balaban J connectivity index is 1.75. The second-order valence-corrected chi connectivity index (χ2v) is 4.78. The molecule has 4 rings (SSSR count). The molecule has 4 nitrogen and oxygen atoms in total. The average molecular weight is 251 g/mol. The summed E-state index contributed by atoms with van der Waals surface area (Å²) in [6.45, 7) is 1.56. The predicted molar refractivity (Wildman–Crippen MR) is 73.5 cm³/mol. The summed E-state index contributed by atoms with van der Waals surface area (Å²) in [5, 5.41) is 6.76. The molecule has 1 aromatic carbocycles. The number of fused-ring (bicyclic) bond motifs is 3. The number of para-hydroxylation sites is 1. The molecule has 3 heterocycles. The van der Waals surface area contributed by atoms with E-state index in [1.807, 2.05) is 41.5 Å². The van der Waals surface area contributed by atoms with Gasteiger partial charge in [-0.15, -0.1) is 0 Å². The first-order chi connectivity index (χ1) is 9.42. The second kappa shape index (κ2) is 4.09. The third-order valence-electron chi connectivity index (χ3n) is 3.56. The number of hydrogen-bond donors (Lipinski definition) is 0. The average Bonchev–Trinajstić information content (AvgIpc) is 2.93. The summed E-state index contributed by atoms with van der Waals surface area (Å²) in [6.07, 6.45) is 3.62. The lowest BCUT2D eigenvalue weighted by Crippen LogP contribution is -2.29. The first kappa shape index (κ1) is 10.6. The van der Waals surface area contributed by atoms with Gasteiger partial charge < -0.3 is 4.74 Å². The third kappa shape index (κ3) is 1.68. The van der Waals surface area contributed by atoms with Crippen LogP contribution in [0.25, 0.3) is 0 Å². The fourth-order valence-corrected chi connectivity index (χ4v) is 2.62. The van der Waals surface area contributed by atoms with Gasteiger partial charge in [0.2, 0.25) is 0 Å². The number of benzene rings is 1. The molecule has 1 aromatic heterocycles. The molecule has 94 valence electrons. The van der Waals surface area contributed by atoms with Crippen molar-refractivity contribution in [1.82, 2.24) is 4.98 Å². The maximum atomic E-state index is 5.80. The van der Waals surface area contributed by atoms with Crippen LogP contribution in [-0.4, -0.2) is 23.8 Å². The monoisotopic (exact) mass is 251 g/mol. The maximum Gasteiger partial charge on any atom is 0.128 e. The van der Waals surface area contributed by atoms with Crippen LogP contribution in [0, 0.1) is 5.92 Å². The van der Waals surface area contributed by atoms with E-state index in [9.17, 15) is 0 Å². The zero-order valence-electron chi connectivity index (χ0n) is 10.4. The van der Waals surface area contributed by atoms with Crippen LogP contribution in [0.2, 0.25) is 0 Å².